The number of hydrogen-bond donors (Lipinski definition) is 0. The molecule has 2 atom stereocenters. The van der Waals surface area contributed by atoms with Crippen molar-refractivity contribution in [1.82, 2.24) is 4.90 Å². The van der Waals surface area contributed by atoms with Gasteiger partial charge in [-0.15, -0.1) is 0 Å². The predicted octanol–water partition coefficient (Wildman–Crippen LogP) is 4.19. The number of ether oxygens (including phenoxy) is 1. The largest absolute Gasteiger partial charge is 0.460 e. The Hall–Kier alpha value is -1.35. The van der Waals surface area contributed by atoms with E-state index in [2.05, 4.69) is 29.2 Å². The third-order valence-electron chi connectivity index (χ3n) is 5.24. The van der Waals surface area contributed by atoms with Crippen LogP contribution >= 0.6 is 0 Å². The number of rotatable bonds is 5. The third-order valence-corrected chi connectivity index (χ3v) is 5.24. The number of nitrogens with zero attached hydrogens (tertiary/aromatic N) is 1. The van der Waals surface area contributed by atoms with Crippen LogP contribution in [0, 0.1) is 11.8 Å². The molecule has 1 saturated heterocycles. The Morgan fingerprint density at radius 3 is 2.50 bits per heavy atom. The van der Waals surface area contributed by atoms with E-state index in [4.69, 9.17) is 4.74 Å². The van der Waals surface area contributed by atoms with Crippen molar-refractivity contribution in [3.63, 3.8) is 0 Å². The molecule has 0 spiro atoms. The molecule has 0 amide bonds. The summed E-state index contributed by atoms with van der Waals surface area (Å²) in [7, 11) is 0. The summed E-state index contributed by atoms with van der Waals surface area (Å²) >= 11 is 0. The number of carbonyl (C=O) groups excluding carboxylic acids is 1. The van der Waals surface area contributed by atoms with Gasteiger partial charge in [0.25, 0.3) is 0 Å². The minimum atomic E-state index is -0.396. The molecule has 1 heterocycles. The molecule has 132 valence electrons. The molecule has 2 fully saturated rings. The summed E-state index contributed by atoms with van der Waals surface area (Å²) < 4.78 is 5.39. The van der Waals surface area contributed by atoms with Gasteiger partial charge in [0.15, 0.2) is 0 Å². The van der Waals surface area contributed by atoms with Crippen LogP contribution in [-0.2, 0) is 22.5 Å². The Balaban J connectivity index is 1.50. The fraction of sp³-hybridized carbons (Fsp3) is 0.667. The Bertz CT molecular complexity index is 563. The highest BCUT2D eigenvalue weighted by Crippen LogP contribution is 2.38. The molecule has 0 radical (unpaired) electrons. The lowest BCUT2D eigenvalue weighted by Gasteiger charge is -2.19. The maximum Gasteiger partial charge on any atom is 0.306 e. The molecule has 1 saturated carbocycles. The van der Waals surface area contributed by atoms with Gasteiger partial charge in [0.2, 0.25) is 0 Å². The summed E-state index contributed by atoms with van der Waals surface area (Å²) in [5.74, 6) is 1.78. The van der Waals surface area contributed by atoms with E-state index in [1.54, 1.807) is 0 Å². The minimum absolute atomic E-state index is 0.111. The second-order valence-electron chi connectivity index (χ2n) is 8.55. The lowest BCUT2D eigenvalue weighted by atomic mass is 10.0. The van der Waals surface area contributed by atoms with Gasteiger partial charge in [-0.3, -0.25) is 9.69 Å². The molecule has 1 aliphatic heterocycles. The van der Waals surface area contributed by atoms with E-state index < -0.39 is 5.60 Å². The quantitative estimate of drug-likeness (QED) is 0.759. The maximum atomic E-state index is 11.9. The van der Waals surface area contributed by atoms with Gasteiger partial charge in [0, 0.05) is 26.1 Å². The fourth-order valence-electron chi connectivity index (χ4n) is 4.24. The minimum Gasteiger partial charge on any atom is -0.460 e. The molecular formula is C21H31NO2. The Labute approximate surface area is 146 Å². The van der Waals surface area contributed by atoms with Crippen LogP contribution in [0.3, 0.4) is 0 Å². The smallest absolute Gasteiger partial charge is 0.306 e. The second-order valence-corrected chi connectivity index (χ2v) is 8.55. The number of esters is 1. The van der Waals surface area contributed by atoms with Crippen LogP contribution in [0.25, 0.3) is 0 Å². The van der Waals surface area contributed by atoms with Crippen LogP contribution in [0.5, 0.6) is 0 Å². The number of carbonyl (C=O) groups is 1. The molecule has 0 bridgehead atoms. The van der Waals surface area contributed by atoms with Gasteiger partial charge in [-0.2, -0.15) is 0 Å². The first kappa shape index (κ1) is 17.5. The highest BCUT2D eigenvalue weighted by atomic mass is 16.6. The lowest BCUT2D eigenvalue weighted by Crippen LogP contribution is -2.24. The average molecular weight is 329 g/mol. The number of fused-ring (bicyclic) bond motifs is 1. The second kappa shape index (κ2) is 7.26. The summed E-state index contributed by atoms with van der Waals surface area (Å²) in [4.78, 5) is 14.5. The summed E-state index contributed by atoms with van der Waals surface area (Å²) in [6, 6.07) is 8.72. The van der Waals surface area contributed by atoms with E-state index in [0.717, 1.165) is 24.8 Å². The first-order chi connectivity index (χ1) is 11.4. The van der Waals surface area contributed by atoms with Crippen molar-refractivity contribution in [2.75, 3.05) is 13.1 Å². The number of hydrogen-bond acceptors (Lipinski definition) is 3. The molecule has 1 aromatic carbocycles. The van der Waals surface area contributed by atoms with Gasteiger partial charge in [0.05, 0.1) is 0 Å². The summed E-state index contributed by atoms with van der Waals surface area (Å²) in [6.07, 6.45) is 5.50. The van der Waals surface area contributed by atoms with Crippen molar-refractivity contribution in [2.45, 2.75) is 65.0 Å². The van der Waals surface area contributed by atoms with Crippen molar-refractivity contribution in [3.05, 3.63) is 35.4 Å². The molecular weight excluding hydrogens is 298 g/mol. The maximum absolute atomic E-state index is 11.9. The molecule has 1 aromatic rings. The molecule has 0 N–H and O–H groups in total. The Kier molecular flexibility index (Phi) is 5.29. The van der Waals surface area contributed by atoms with Crippen LogP contribution in [0.2, 0.25) is 0 Å². The van der Waals surface area contributed by atoms with E-state index in [0.29, 0.717) is 6.42 Å². The van der Waals surface area contributed by atoms with Crippen molar-refractivity contribution in [2.24, 2.45) is 11.8 Å². The van der Waals surface area contributed by atoms with E-state index >= 15 is 0 Å². The van der Waals surface area contributed by atoms with Gasteiger partial charge < -0.3 is 4.74 Å². The Morgan fingerprint density at radius 1 is 1.17 bits per heavy atom. The topological polar surface area (TPSA) is 29.5 Å². The fourth-order valence-corrected chi connectivity index (χ4v) is 4.24. The van der Waals surface area contributed by atoms with Crippen molar-refractivity contribution in [1.29, 1.82) is 0 Å². The summed E-state index contributed by atoms with van der Waals surface area (Å²) in [6.45, 7) is 9.33. The van der Waals surface area contributed by atoms with Crippen molar-refractivity contribution < 1.29 is 9.53 Å². The molecule has 1 aliphatic carbocycles. The van der Waals surface area contributed by atoms with E-state index in [-0.39, 0.29) is 5.97 Å². The summed E-state index contributed by atoms with van der Waals surface area (Å²) in [5, 5.41) is 0. The lowest BCUT2D eigenvalue weighted by molar-refractivity contribution is -0.154. The van der Waals surface area contributed by atoms with Gasteiger partial charge in [0.1, 0.15) is 5.60 Å². The van der Waals surface area contributed by atoms with Crippen LogP contribution in [0.1, 0.15) is 57.6 Å². The van der Waals surface area contributed by atoms with Crippen LogP contribution in [-0.4, -0.2) is 29.6 Å². The Morgan fingerprint density at radius 2 is 1.83 bits per heavy atom. The molecule has 2 unspecified atom stereocenters. The molecule has 0 aromatic heterocycles. The van der Waals surface area contributed by atoms with Crippen LogP contribution in [0.4, 0.5) is 0 Å². The van der Waals surface area contributed by atoms with Crippen LogP contribution in [0.15, 0.2) is 24.3 Å². The standard InChI is InChI=1S/C21H31NO2/c1-21(2,3)24-20(23)11-10-16-6-4-7-17(12-16)13-22-14-18-8-5-9-19(18)15-22/h4,6-7,12,18-19H,5,8-11,13-15H2,1-3H3. The predicted molar refractivity (Wildman–Crippen MR) is 96.7 cm³/mol. The van der Waals surface area contributed by atoms with Crippen molar-refractivity contribution in [3.8, 4) is 0 Å². The zero-order valence-corrected chi connectivity index (χ0v) is 15.4. The van der Waals surface area contributed by atoms with Gasteiger partial charge in [-0.05, 0) is 63.0 Å². The number of aryl methyl sites for hydroxylation is 1. The van der Waals surface area contributed by atoms with Crippen LogP contribution < -0.4 is 0 Å². The molecule has 3 nitrogen and oxygen atoms in total. The number of benzene rings is 1. The van der Waals surface area contributed by atoms with Gasteiger partial charge >= 0.3 is 5.97 Å². The molecule has 2 aliphatic rings. The van der Waals surface area contributed by atoms with Gasteiger partial charge in [-0.25, -0.2) is 0 Å². The van der Waals surface area contributed by atoms with Gasteiger partial charge in [-0.1, -0.05) is 30.7 Å². The normalized spacial score (nSPS) is 24.1. The van der Waals surface area contributed by atoms with E-state index in [9.17, 15) is 4.79 Å². The van der Waals surface area contributed by atoms with E-state index in [1.165, 1.54) is 43.5 Å². The first-order valence-corrected chi connectivity index (χ1v) is 9.41. The average Bonchev–Trinajstić information content (AvgIpc) is 3.05. The van der Waals surface area contributed by atoms with Crippen molar-refractivity contribution >= 4 is 5.97 Å². The number of likely N-dealkylation sites (tertiary alicyclic amines) is 1. The highest BCUT2D eigenvalue weighted by Gasteiger charge is 2.35. The third kappa shape index (κ3) is 4.83. The molecule has 3 rings (SSSR count). The molecule has 24 heavy (non-hydrogen) atoms. The first-order valence-electron chi connectivity index (χ1n) is 9.41. The zero-order chi connectivity index (χ0) is 17.2. The monoisotopic (exact) mass is 329 g/mol. The highest BCUT2D eigenvalue weighted by molar-refractivity contribution is 5.70. The van der Waals surface area contributed by atoms with E-state index in [1.807, 2.05) is 20.8 Å². The SMILES string of the molecule is CC(C)(C)OC(=O)CCc1cccc(CN2CC3CCCC3C2)c1. The summed E-state index contributed by atoms with van der Waals surface area (Å²) in [5.41, 5.74) is 2.21. The molecule has 3 heteroatoms. The zero-order valence-electron chi connectivity index (χ0n) is 15.4.